The fourth-order valence-corrected chi connectivity index (χ4v) is 5.57. The topological polar surface area (TPSA) is 84.6 Å². The van der Waals surface area contributed by atoms with Crippen LogP contribution in [0.15, 0.2) is 30.3 Å². The van der Waals surface area contributed by atoms with E-state index in [-0.39, 0.29) is 11.8 Å². The third-order valence-corrected chi connectivity index (χ3v) is 7.32. The number of likely N-dealkylation sites (tertiary alicyclic amines) is 2. The Morgan fingerprint density at radius 2 is 1.61 bits per heavy atom. The lowest BCUT2D eigenvalue weighted by Gasteiger charge is -2.36. The van der Waals surface area contributed by atoms with Crippen LogP contribution in [0.4, 0.5) is 10.5 Å². The van der Waals surface area contributed by atoms with E-state index in [2.05, 4.69) is 46.9 Å². The summed E-state index contributed by atoms with van der Waals surface area (Å²) in [6.07, 6.45) is -0.547. The minimum absolute atomic E-state index is 0.305. The second-order valence-corrected chi connectivity index (χ2v) is 9.69. The number of aromatic hydroxyl groups is 2. The normalized spacial score (nSPS) is 23.8. The second-order valence-electron chi connectivity index (χ2n) is 9.69. The van der Waals surface area contributed by atoms with Crippen LogP contribution < -0.4 is 9.74 Å². The summed E-state index contributed by atoms with van der Waals surface area (Å²) in [6.45, 7) is 10.6. The monoisotopic (exact) mass is 455 g/mol. The van der Waals surface area contributed by atoms with Gasteiger partial charge in [0, 0.05) is 76.7 Å². The number of carbonyl (C=O) groups is 1. The number of likely N-dealkylation sites (N-methyl/N-ethyl adjacent to an activating group) is 1. The summed E-state index contributed by atoms with van der Waals surface area (Å²) in [6, 6.07) is 9.18. The van der Waals surface area contributed by atoms with Crippen molar-refractivity contribution in [3.05, 3.63) is 41.5 Å². The molecule has 9 nitrogen and oxygen atoms in total. The number of carbonyl (C=O) groups excluding carboxylic acids is 1. The molecule has 3 aliphatic rings. The van der Waals surface area contributed by atoms with Crippen molar-refractivity contribution in [3.8, 4) is 11.8 Å². The van der Waals surface area contributed by atoms with Crippen LogP contribution in [0.25, 0.3) is 0 Å². The van der Waals surface area contributed by atoms with Crippen LogP contribution in [-0.2, 0) is 6.54 Å². The van der Waals surface area contributed by atoms with Crippen LogP contribution in [-0.4, -0.2) is 95.1 Å². The molecule has 2 atom stereocenters. The number of benzene rings is 1. The standard InChI is InChI=1S/C24H33N5O4/c1-17-4-3-5-18(23(17)27-10-8-25(2)9-11-27)12-26-13-19-15-28(16-20(19)14-26)24(32)33-29-21(30)6-7-22(29)31/h3-7,19-20,30-31H,8-16H2,1-2H3. The van der Waals surface area contributed by atoms with Crippen LogP contribution in [0.5, 0.6) is 11.8 Å². The molecule has 1 aromatic carbocycles. The van der Waals surface area contributed by atoms with E-state index in [4.69, 9.17) is 4.84 Å². The Hall–Kier alpha value is -2.91. The molecule has 0 spiro atoms. The molecule has 0 aliphatic carbocycles. The molecule has 178 valence electrons. The van der Waals surface area contributed by atoms with Crippen molar-refractivity contribution in [2.24, 2.45) is 11.8 Å². The number of hydrogen-bond donors (Lipinski definition) is 2. The zero-order chi connectivity index (χ0) is 23.1. The SMILES string of the molecule is Cc1cccc(CN2CC3CN(C(=O)On4c(O)ccc4O)CC3C2)c1N1CCN(C)CC1. The summed E-state index contributed by atoms with van der Waals surface area (Å²) in [4.78, 5) is 26.8. The number of nitrogens with zero attached hydrogens (tertiary/aromatic N) is 5. The van der Waals surface area contributed by atoms with Crippen molar-refractivity contribution >= 4 is 11.8 Å². The first kappa shape index (κ1) is 21.9. The molecule has 33 heavy (non-hydrogen) atoms. The van der Waals surface area contributed by atoms with Gasteiger partial charge in [-0.3, -0.25) is 4.90 Å². The number of aryl methyl sites for hydroxylation is 1. The quantitative estimate of drug-likeness (QED) is 0.724. The molecule has 3 saturated heterocycles. The largest absolute Gasteiger partial charge is 0.492 e. The first-order valence-corrected chi connectivity index (χ1v) is 11.7. The summed E-state index contributed by atoms with van der Waals surface area (Å²) in [7, 11) is 2.18. The van der Waals surface area contributed by atoms with Gasteiger partial charge in [0.1, 0.15) is 0 Å². The number of piperazine rings is 1. The Morgan fingerprint density at radius 3 is 2.24 bits per heavy atom. The lowest BCUT2D eigenvalue weighted by Crippen LogP contribution is -2.45. The van der Waals surface area contributed by atoms with E-state index >= 15 is 0 Å². The molecule has 0 radical (unpaired) electrons. The lowest BCUT2D eigenvalue weighted by molar-refractivity contribution is 0.0774. The Bertz CT molecular complexity index is 983. The maximum Gasteiger partial charge on any atom is 0.434 e. The summed E-state index contributed by atoms with van der Waals surface area (Å²) in [5.41, 5.74) is 4.11. The summed E-state index contributed by atoms with van der Waals surface area (Å²) >= 11 is 0. The van der Waals surface area contributed by atoms with Crippen molar-refractivity contribution in [3.63, 3.8) is 0 Å². The highest BCUT2D eigenvalue weighted by atomic mass is 16.7. The Balaban J connectivity index is 1.20. The fraction of sp³-hybridized carbons (Fsp3) is 0.542. The molecule has 5 rings (SSSR count). The molecule has 0 bridgehead atoms. The molecule has 3 fully saturated rings. The van der Waals surface area contributed by atoms with Gasteiger partial charge in [0.25, 0.3) is 0 Å². The van der Waals surface area contributed by atoms with Gasteiger partial charge < -0.3 is 29.8 Å². The molecule has 2 aromatic rings. The van der Waals surface area contributed by atoms with Gasteiger partial charge in [0.15, 0.2) is 0 Å². The minimum atomic E-state index is -0.547. The van der Waals surface area contributed by atoms with Crippen LogP contribution in [0.1, 0.15) is 11.1 Å². The van der Waals surface area contributed by atoms with Crippen molar-refractivity contribution in [2.45, 2.75) is 13.5 Å². The van der Waals surface area contributed by atoms with Crippen LogP contribution in [0, 0.1) is 18.8 Å². The lowest BCUT2D eigenvalue weighted by atomic mass is 10.0. The highest BCUT2D eigenvalue weighted by molar-refractivity contribution is 5.68. The summed E-state index contributed by atoms with van der Waals surface area (Å²) in [5, 5.41) is 19.4. The smallest absolute Gasteiger partial charge is 0.434 e. The predicted octanol–water partition coefficient (Wildman–Crippen LogP) is 1.57. The number of anilines is 1. The predicted molar refractivity (Wildman–Crippen MR) is 124 cm³/mol. The van der Waals surface area contributed by atoms with E-state index in [9.17, 15) is 15.0 Å². The fourth-order valence-electron chi connectivity index (χ4n) is 5.57. The molecular formula is C24H33N5O4. The number of aromatic nitrogens is 1. The maximum atomic E-state index is 12.5. The van der Waals surface area contributed by atoms with Gasteiger partial charge in [-0.2, -0.15) is 0 Å². The Kier molecular flexibility index (Phi) is 5.84. The molecule has 3 aliphatic heterocycles. The zero-order valence-corrected chi connectivity index (χ0v) is 19.4. The van der Waals surface area contributed by atoms with Gasteiger partial charge in [-0.15, -0.1) is 4.73 Å². The molecule has 9 heteroatoms. The van der Waals surface area contributed by atoms with E-state index in [1.54, 1.807) is 4.90 Å². The maximum absolute atomic E-state index is 12.5. The number of para-hydroxylation sites is 1. The van der Waals surface area contributed by atoms with Crippen molar-refractivity contribution < 1.29 is 19.8 Å². The van der Waals surface area contributed by atoms with Crippen LogP contribution >= 0.6 is 0 Å². The number of hydrogen-bond acceptors (Lipinski definition) is 7. The zero-order valence-electron chi connectivity index (χ0n) is 19.4. The third-order valence-electron chi connectivity index (χ3n) is 7.32. The summed E-state index contributed by atoms with van der Waals surface area (Å²) in [5.74, 6) is 0.198. The highest BCUT2D eigenvalue weighted by Crippen LogP contribution is 2.34. The van der Waals surface area contributed by atoms with Gasteiger partial charge in [-0.25, -0.2) is 4.79 Å². The highest BCUT2D eigenvalue weighted by Gasteiger charge is 2.42. The van der Waals surface area contributed by atoms with Gasteiger partial charge in [0.2, 0.25) is 11.8 Å². The van der Waals surface area contributed by atoms with Crippen molar-refractivity contribution in [2.75, 3.05) is 64.3 Å². The third kappa shape index (κ3) is 4.35. The first-order valence-electron chi connectivity index (χ1n) is 11.7. The first-order chi connectivity index (χ1) is 15.9. The molecule has 1 aromatic heterocycles. The molecular weight excluding hydrogens is 422 g/mol. The van der Waals surface area contributed by atoms with Gasteiger partial charge in [0.05, 0.1) is 0 Å². The Morgan fingerprint density at radius 1 is 0.970 bits per heavy atom. The molecule has 1 amide bonds. The minimum Gasteiger partial charge on any atom is -0.492 e. The van der Waals surface area contributed by atoms with Crippen molar-refractivity contribution in [1.82, 2.24) is 19.4 Å². The molecule has 0 saturated carbocycles. The Labute approximate surface area is 194 Å². The molecule has 2 N–H and O–H groups in total. The molecule has 2 unspecified atom stereocenters. The van der Waals surface area contributed by atoms with E-state index < -0.39 is 6.09 Å². The van der Waals surface area contributed by atoms with E-state index in [1.165, 1.54) is 28.9 Å². The van der Waals surface area contributed by atoms with Gasteiger partial charge in [-0.1, -0.05) is 18.2 Å². The number of fused-ring (bicyclic) bond motifs is 1. The number of amides is 1. The average Bonchev–Trinajstić information content (AvgIpc) is 3.44. The van der Waals surface area contributed by atoms with E-state index in [1.807, 2.05) is 0 Å². The van der Waals surface area contributed by atoms with E-state index in [0.29, 0.717) is 24.9 Å². The second kappa shape index (κ2) is 8.79. The van der Waals surface area contributed by atoms with E-state index in [0.717, 1.165) is 50.5 Å². The van der Waals surface area contributed by atoms with Gasteiger partial charge in [-0.05, 0) is 36.9 Å². The molecule has 4 heterocycles. The van der Waals surface area contributed by atoms with Gasteiger partial charge >= 0.3 is 6.09 Å². The van der Waals surface area contributed by atoms with Crippen molar-refractivity contribution in [1.29, 1.82) is 0 Å². The number of rotatable bonds is 4. The van der Waals surface area contributed by atoms with Crippen LogP contribution in [0.2, 0.25) is 0 Å². The average molecular weight is 456 g/mol. The van der Waals surface area contributed by atoms with Crippen LogP contribution in [0.3, 0.4) is 0 Å². The summed E-state index contributed by atoms with van der Waals surface area (Å²) < 4.78 is 0.750.